The molecule has 2 fully saturated rings. The largest absolute Gasteiger partial charge is 0.384 e. The van der Waals surface area contributed by atoms with Crippen molar-refractivity contribution >= 4 is 0 Å². The van der Waals surface area contributed by atoms with Crippen LogP contribution >= 0.6 is 0 Å². The van der Waals surface area contributed by atoms with Gasteiger partial charge in [0.25, 0.3) is 0 Å². The Labute approximate surface area is 135 Å². The molecular formula is C19H30N2O. The van der Waals surface area contributed by atoms with E-state index in [1.165, 1.54) is 64.0 Å². The molecule has 0 aromatic heterocycles. The highest BCUT2D eigenvalue weighted by Crippen LogP contribution is 2.23. The summed E-state index contributed by atoms with van der Waals surface area (Å²) in [5.41, 5.74) is 1.46. The van der Waals surface area contributed by atoms with Gasteiger partial charge in [0, 0.05) is 32.8 Å². The topological polar surface area (TPSA) is 15.7 Å². The Morgan fingerprint density at radius 1 is 1.05 bits per heavy atom. The maximum Gasteiger partial charge on any atom is 0.0491 e. The molecule has 1 unspecified atom stereocenters. The number of benzene rings is 1. The summed E-state index contributed by atoms with van der Waals surface area (Å²) in [6.07, 6.45) is 5.16. The molecule has 3 heteroatoms. The molecular weight excluding hydrogens is 272 g/mol. The van der Waals surface area contributed by atoms with E-state index in [1.54, 1.807) is 0 Å². The molecule has 0 radical (unpaired) electrons. The maximum atomic E-state index is 5.31. The third-order valence-electron chi connectivity index (χ3n) is 5.37. The van der Waals surface area contributed by atoms with Gasteiger partial charge < -0.3 is 9.64 Å². The second kappa shape index (κ2) is 8.09. The van der Waals surface area contributed by atoms with Crippen LogP contribution in [0.15, 0.2) is 30.3 Å². The second-order valence-corrected chi connectivity index (χ2v) is 6.91. The summed E-state index contributed by atoms with van der Waals surface area (Å²) in [6, 6.07) is 11.7. The quantitative estimate of drug-likeness (QED) is 0.803. The van der Waals surface area contributed by atoms with Crippen molar-refractivity contribution in [3.05, 3.63) is 35.9 Å². The molecule has 3 rings (SSSR count). The summed E-state index contributed by atoms with van der Waals surface area (Å²) in [6.45, 7) is 7.23. The van der Waals surface area contributed by atoms with Gasteiger partial charge in [0.15, 0.2) is 0 Å². The highest BCUT2D eigenvalue weighted by molar-refractivity contribution is 5.14. The lowest BCUT2D eigenvalue weighted by Crippen LogP contribution is -2.43. The van der Waals surface area contributed by atoms with Crippen molar-refractivity contribution in [3.63, 3.8) is 0 Å². The number of methoxy groups -OCH3 is 1. The van der Waals surface area contributed by atoms with Gasteiger partial charge in [-0.15, -0.1) is 0 Å². The monoisotopic (exact) mass is 302 g/mol. The van der Waals surface area contributed by atoms with Gasteiger partial charge in [-0.25, -0.2) is 0 Å². The minimum atomic E-state index is 0.789. The second-order valence-electron chi connectivity index (χ2n) is 6.91. The number of nitrogens with zero attached hydrogens (tertiary/aromatic N) is 2. The zero-order valence-electron chi connectivity index (χ0n) is 13.9. The van der Waals surface area contributed by atoms with Crippen LogP contribution in [0, 0.1) is 5.92 Å². The van der Waals surface area contributed by atoms with Crippen molar-refractivity contribution in [2.75, 3.05) is 46.4 Å². The number of rotatable bonds is 6. The van der Waals surface area contributed by atoms with Crippen molar-refractivity contribution in [1.82, 2.24) is 9.80 Å². The molecule has 0 spiro atoms. The maximum absolute atomic E-state index is 5.31. The molecule has 2 heterocycles. The Bertz CT molecular complexity index is 428. The van der Waals surface area contributed by atoms with Crippen molar-refractivity contribution in [2.45, 2.75) is 31.7 Å². The molecule has 0 saturated carbocycles. The molecule has 2 aliphatic heterocycles. The molecule has 0 bridgehead atoms. The van der Waals surface area contributed by atoms with E-state index >= 15 is 0 Å². The summed E-state index contributed by atoms with van der Waals surface area (Å²) in [5.74, 6) is 0.789. The molecule has 0 amide bonds. The smallest absolute Gasteiger partial charge is 0.0491 e. The van der Waals surface area contributed by atoms with Crippen molar-refractivity contribution in [1.29, 1.82) is 0 Å². The summed E-state index contributed by atoms with van der Waals surface area (Å²) in [7, 11) is 1.83. The molecule has 3 nitrogen and oxygen atoms in total. The minimum absolute atomic E-state index is 0.789. The molecule has 22 heavy (non-hydrogen) atoms. The molecule has 122 valence electrons. The molecule has 0 N–H and O–H groups in total. The lowest BCUT2D eigenvalue weighted by molar-refractivity contribution is 0.0809. The Morgan fingerprint density at radius 2 is 1.82 bits per heavy atom. The Morgan fingerprint density at radius 3 is 2.55 bits per heavy atom. The molecule has 1 atom stereocenters. The third-order valence-corrected chi connectivity index (χ3v) is 5.37. The van der Waals surface area contributed by atoms with Crippen LogP contribution in [0.3, 0.4) is 0 Å². The van der Waals surface area contributed by atoms with Crippen molar-refractivity contribution < 1.29 is 4.74 Å². The average molecular weight is 302 g/mol. The van der Waals surface area contributed by atoms with Gasteiger partial charge >= 0.3 is 0 Å². The fourth-order valence-corrected chi connectivity index (χ4v) is 3.97. The van der Waals surface area contributed by atoms with E-state index in [0.29, 0.717) is 0 Å². The van der Waals surface area contributed by atoms with Gasteiger partial charge in [-0.05, 0) is 56.8 Å². The van der Waals surface area contributed by atoms with E-state index in [0.717, 1.165) is 18.6 Å². The molecule has 2 saturated heterocycles. The first-order chi connectivity index (χ1) is 10.8. The number of hydrogen-bond donors (Lipinski definition) is 0. The third kappa shape index (κ3) is 4.31. The van der Waals surface area contributed by atoms with Crippen molar-refractivity contribution in [2.24, 2.45) is 5.92 Å². The predicted octanol–water partition coefficient (Wildman–Crippen LogP) is 2.66. The highest BCUT2D eigenvalue weighted by atomic mass is 16.5. The van der Waals surface area contributed by atoms with Gasteiger partial charge in [-0.1, -0.05) is 30.3 Å². The predicted molar refractivity (Wildman–Crippen MR) is 91.2 cm³/mol. The van der Waals surface area contributed by atoms with Gasteiger partial charge in [0.2, 0.25) is 0 Å². The van der Waals surface area contributed by atoms with Crippen LogP contribution in [0.25, 0.3) is 0 Å². The SMILES string of the molecule is COCC1CCN(C2CCN(CCc3ccccc3)C2)CC1. The van der Waals surface area contributed by atoms with E-state index in [4.69, 9.17) is 4.74 Å². The van der Waals surface area contributed by atoms with E-state index in [-0.39, 0.29) is 0 Å². The average Bonchev–Trinajstić information content (AvgIpc) is 3.04. The van der Waals surface area contributed by atoms with Crippen LogP contribution in [0.1, 0.15) is 24.8 Å². The Balaban J connectivity index is 1.39. The van der Waals surface area contributed by atoms with Crippen LogP contribution in [-0.2, 0) is 11.2 Å². The van der Waals surface area contributed by atoms with Crippen LogP contribution in [0.5, 0.6) is 0 Å². The van der Waals surface area contributed by atoms with Gasteiger partial charge in [0.1, 0.15) is 0 Å². The van der Waals surface area contributed by atoms with E-state index in [1.807, 2.05) is 7.11 Å². The normalized spacial score (nSPS) is 24.9. The zero-order valence-corrected chi connectivity index (χ0v) is 13.9. The number of ether oxygens (including phenoxy) is 1. The Kier molecular flexibility index (Phi) is 5.88. The number of piperidine rings is 1. The van der Waals surface area contributed by atoms with Gasteiger partial charge in [0.05, 0.1) is 0 Å². The fourth-order valence-electron chi connectivity index (χ4n) is 3.97. The minimum Gasteiger partial charge on any atom is -0.384 e. The lowest BCUT2D eigenvalue weighted by atomic mass is 9.96. The standard InChI is InChI=1S/C19H30N2O/c1-22-16-18-8-13-21(14-9-18)19-10-12-20(15-19)11-7-17-5-3-2-4-6-17/h2-6,18-19H,7-16H2,1H3. The number of likely N-dealkylation sites (tertiary alicyclic amines) is 2. The zero-order chi connectivity index (χ0) is 15.2. The molecule has 0 aliphatic carbocycles. The van der Waals surface area contributed by atoms with E-state index in [9.17, 15) is 0 Å². The van der Waals surface area contributed by atoms with Crippen LogP contribution < -0.4 is 0 Å². The summed E-state index contributed by atoms with van der Waals surface area (Å²) >= 11 is 0. The van der Waals surface area contributed by atoms with Crippen LogP contribution in [-0.4, -0.2) is 62.3 Å². The van der Waals surface area contributed by atoms with E-state index < -0.39 is 0 Å². The van der Waals surface area contributed by atoms with Crippen LogP contribution in [0.2, 0.25) is 0 Å². The Hall–Kier alpha value is -0.900. The first-order valence-corrected chi connectivity index (χ1v) is 8.84. The number of hydrogen-bond acceptors (Lipinski definition) is 3. The van der Waals surface area contributed by atoms with Gasteiger partial charge in [-0.3, -0.25) is 4.90 Å². The first kappa shape index (κ1) is 16.0. The fraction of sp³-hybridized carbons (Fsp3) is 0.684. The molecule has 1 aromatic carbocycles. The molecule has 1 aromatic rings. The van der Waals surface area contributed by atoms with Crippen molar-refractivity contribution in [3.8, 4) is 0 Å². The molecule has 2 aliphatic rings. The highest BCUT2D eigenvalue weighted by Gasteiger charge is 2.30. The summed E-state index contributed by atoms with van der Waals surface area (Å²) in [5, 5.41) is 0. The van der Waals surface area contributed by atoms with Crippen LogP contribution in [0.4, 0.5) is 0 Å². The summed E-state index contributed by atoms with van der Waals surface area (Å²) in [4.78, 5) is 5.38. The van der Waals surface area contributed by atoms with Gasteiger partial charge in [-0.2, -0.15) is 0 Å². The first-order valence-electron chi connectivity index (χ1n) is 8.84. The lowest BCUT2D eigenvalue weighted by Gasteiger charge is -2.35. The van der Waals surface area contributed by atoms with E-state index in [2.05, 4.69) is 40.1 Å². The summed E-state index contributed by atoms with van der Waals surface area (Å²) < 4.78 is 5.31.